The molecular formula is C10H12ClFN2O2S. The van der Waals surface area contributed by atoms with Crippen LogP contribution in [0.3, 0.4) is 0 Å². The summed E-state index contributed by atoms with van der Waals surface area (Å²) in [4.78, 5) is 3.84. The van der Waals surface area contributed by atoms with E-state index in [1.165, 1.54) is 19.2 Å². The van der Waals surface area contributed by atoms with E-state index in [4.69, 9.17) is 11.6 Å². The van der Waals surface area contributed by atoms with Gasteiger partial charge >= 0.3 is 0 Å². The third kappa shape index (κ3) is 2.29. The Morgan fingerprint density at radius 3 is 2.59 bits per heavy atom. The van der Waals surface area contributed by atoms with Crippen LogP contribution in [0.5, 0.6) is 0 Å². The highest BCUT2D eigenvalue weighted by atomic mass is 35.5. The minimum atomic E-state index is -3.64. The van der Waals surface area contributed by atoms with Gasteiger partial charge in [0.05, 0.1) is 0 Å². The maximum Gasteiger partial charge on any atom is 0.244 e. The van der Waals surface area contributed by atoms with E-state index in [2.05, 4.69) is 4.98 Å². The van der Waals surface area contributed by atoms with Crippen molar-refractivity contribution in [2.24, 2.45) is 0 Å². The van der Waals surface area contributed by atoms with Crippen molar-refractivity contribution in [3.8, 4) is 0 Å². The van der Waals surface area contributed by atoms with Gasteiger partial charge < -0.3 is 0 Å². The third-order valence-electron chi connectivity index (χ3n) is 2.64. The number of alkyl halides is 1. The summed E-state index contributed by atoms with van der Waals surface area (Å²) in [7, 11) is -3.64. The van der Waals surface area contributed by atoms with E-state index >= 15 is 0 Å². The predicted octanol–water partition coefficient (Wildman–Crippen LogP) is 1.78. The lowest BCUT2D eigenvalue weighted by molar-refractivity contribution is 0.0397. The molecule has 0 atom stereocenters. The number of sulfonamides is 1. The molecule has 0 aromatic carbocycles. The van der Waals surface area contributed by atoms with Gasteiger partial charge in [-0.05, 0) is 25.5 Å². The van der Waals surface area contributed by atoms with Crippen LogP contribution in [0.2, 0.25) is 5.15 Å². The molecule has 0 saturated carbocycles. The van der Waals surface area contributed by atoms with Gasteiger partial charge in [-0.1, -0.05) is 11.6 Å². The molecule has 0 N–H and O–H groups in total. The monoisotopic (exact) mass is 278 g/mol. The normalized spacial score (nSPS) is 20.0. The molecule has 0 aliphatic carbocycles. The Bertz CT molecular complexity index is 551. The van der Waals surface area contributed by atoms with Crippen molar-refractivity contribution >= 4 is 21.6 Å². The van der Waals surface area contributed by atoms with Crippen LogP contribution in [0, 0.1) is 6.92 Å². The Labute approximate surface area is 104 Å². The quantitative estimate of drug-likeness (QED) is 0.775. The summed E-state index contributed by atoms with van der Waals surface area (Å²) in [5, 5.41) is 0.267. The molecule has 1 saturated heterocycles. The Kier molecular flexibility index (Phi) is 2.92. The predicted molar refractivity (Wildman–Crippen MR) is 62.3 cm³/mol. The van der Waals surface area contributed by atoms with Crippen LogP contribution in [0.15, 0.2) is 17.2 Å². The number of rotatable bonds is 2. The summed E-state index contributed by atoms with van der Waals surface area (Å²) >= 11 is 5.72. The van der Waals surface area contributed by atoms with Gasteiger partial charge in [-0.15, -0.1) is 0 Å². The number of hydrogen-bond acceptors (Lipinski definition) is 3. The molecule has 17 heavy (non-hydrogen) atoms. The lowest BCUT2D eigenvalue weighted by Crippen LogP contribution is -2.58. The summed E-state index contributed by atoms with van der Waals surface area (Å²) in [6.45, 7) is 2.82. The van der Waals surface area contributed by atoms with Crippen LogP contribution in [-0.2, 0) is 10.0 Å². The molecular weight excluding hydrogens is 267 g/mol. The van der Waals surface area contributed by atoms with Gasteiger partial charge in [0.25, 0.3) is 0 Å². The first-order chi connectivity index (χ1) is 7.72. The average Bonchev–Trinajstić information content (AvgIpc) is 2.18. The number of nitrogens with zero attached hydrogens (tertiary/aromatic N) is 2. The van der Waals surface area contributed by atoms with Gasteiger partial charge in [0.2, 0.25) is 10.0 Å². The number of halogens is 2. The molecule has 1 aliphatic heterocycles. The number of aryl methyl sites for hydroxylation is 1. The Morgan fingerprint density at radius 1 is 1.53 bits per heavy atom. The Morgan fingerprint density at radius 2 is 2.12 bits per heavy atom. The molecule has 0 radical (unpaired) electrons. The summed E-state index contributed by atoms with van der Waals surface area (Å²) in [5.74, 6) is 0. The van der Waals surface area contributed by atoms with Crippen LogP contribution in [-0.4, -0.2) is 36.5 Å². The summed E-state index contributed by atoms with van der Waals surface area (Å²) in [6, 6.07) is 1.44. The molecule has 4 nitrogen and oxygen atoms in total. The molecule has 0 unspecified atom stereocenters. The maximum atomic E-state index is 13.3. The van der Waals surface area contributed by atoms with Gasteiger partial charge in [0, 0.05) is 19.3 Å². The average molecular weight is 279 g/mol. The van der Waals surface area contributed by atoms with Gasteiger partial charge in [0.15, 0.2) is 0 Å². The minimum absolute atomic E-state index is 0.0508. The smallest absolute Gasteiger partial charge is 0.243 e. The van der Waals surface area contributed by atoms with Crippen LogP contribution in [0.4, 0.5) is 4.39 Å². The molecule has 1 fully saturated rings. The standard InChI is InChI=1S/C10H12ClFN2O2S/c1-7-3-8(4-13-9(7)11)17(15,16)14-5-10(2,12)6-14/h3-4H,5-6H2,1-2H3. The van der Waals surface area contributed by atoms with Crippen molar-refractivity contribution in [1.29, 1.82) is 0 Å². The fourth-order valence-corrected chi connectivity index (χ4v) is 3.47. The van der Waals surface area contributed by atoms with Crippen molar-refractivity contribution in [3.05, 3.63) is 23.0 Å². The summed E-state index contributed by atoms with van der Waals surface area (Å²) in [6.07, 6.45) is 1.19. The highest BCUT2D eigenvalue weighted by Gasteiger charge is 2.45. The van der Waals surface area contributed by atoms with Gasteiger partial charge in [-0.25, -0.2) is 17.8 Å². The Hall–Kier alpha value is -0.720. The van der Waals surface area contributed by atoms with E-state index in [-0.39, 0.29) is 23.1 Å². The fraction of sp³-hybridized carbons (Fsp3) is 0.500. The van der Waals surface area contributed by atoms with E-state index in [9.17, 15) is 12.8 Å². The topological polar surface area (TPSA) is 50.3 Å². The summed E-state index contributed by atoms with van der Waals surface area (Å²) in [5.41, 5.74) is -0.849. The molecule has 1 aliphatic rings. The van der Waals surface area contributed by atoms with E-state index in [0.29, 0.717) is 5.56 Å². The highest BCUT2D eigenvalue weighted by molar-refractivity contribution is 7.89. The number of pyridine rings is 1. The molecule has 1 aromatic rings. The molecule has 2 rings (SSSR count). The summed E-state index contributed by atoms with van der Waals surface area (Å²) < 4.78 is 38.5. The van der Waals surface area contributed by atoms with Crippen LogP contribution < -0.4 is 0 Å². The molecule has 0 amide bonds. The first-order valence-electron chi connectivity index (χ1n) is 5.04. The van der Waals surface area contributed by atoms with Crippen molar-refractivity contribution < 1.29 is 12.8 Å². The van der Waals surface area contributed by atoms with Crippen molar-refractivity contribution in [2.45, 2.75) is 24.4 Å². The molecule has 2 heterocycles. The lowest BCUT2D eigenvalue weighted by Gasteiger charge is -2.40. The molecule has 0 spiro atoms. The van der Waals surface area contributed by atoms with Crippen molar-refractivity contribution in [2.75, 3.05) is 13.1 Å². The van der Waals surface area contributed by atoms with Gasteiger partial charge in [-0.2, -0.15) is 4.31 Å². The number of aromatic nitrogens is 1. The van der Waals surface area contributed by atoms with Crippen molar-refractivity contribution in [1.82, 2.24) is 9.29 Å². The second-order valence-electron chi connectivity index (χ2n) is 4.47. The van der Waals surface area contributed by atoms with Crippen LogP contribution in [0.25, 0.3) is 0 Å². The second-order valence-corrected chi connectivity index (χ2v) is 6.76. The van der Waals surface area contributed by atoms with E-state index < -0.39 is 15.7 Å². The maximum absolute atomic E-state index is 13.3. The fourth-order valence-electron chi connectivity index (χ4n) is 1.68. The molecule has 7 heteroatoms. The van der Waals surface area contributed by atoms with Crippen molar-refractivity contribution in [3.63, 3.8) is 0 Å². The largest absolute Gasteiger partial charge is 0.244 e. The zero-order valence-electron chi connectivity index (χ0n) is 9.44. The van der Waals surface area contributed by atoms with E-state index in [1.807, 2.05) is 0 Å². The zero-order chi connectivity index (χ0) is 12.8. The van der Waals surface area contributed by atoms with Gasteiger partial charge in [0.1, 0.15) is 15.7 Å². The van der Waals surface area contributed by atoms with E-state index in [1.54, 1.807) is 6.92 Å². The lowest BCUT2D eigenvalue weighted by atomic mass is 10.0. The van der Waals surface area contributed by atoms with Crippen LogP contribution in [0.1, 0.15) is 12.5 Å². The first-order valence-corrected chi connectivity index (χ1v) is 6.85. The zero-order valence-corrected chi connectivity index (χ0v) is 11.0. The van der Waals surface area contributed by atoms with E-state index in [0.717, 1.165) is 4.31 Å². The SMILES string of the molecule is Cc1cc(S(=O)(=O)N2CC(C)(F)C2)cnc1Cl. The minimum Gasteiger partial charge on any atom is -0.243 e. The highest BCUT2D eigenvalue weighted by Crippen LogP contribution is 2.30. The van der Waals surface area contributed by atoms with Crippen LogP contribution >= 0.6 is 11.6 Å². The Balaban J connectivity index is 2.30. The molecule has 94 valence electrons. The molecule has 0 bridgehead atoms. The third-order valence-corrected chi connectivity index (χ3v) is 4.79. The van der Waals surface area contributed by atoms with Gasteiger partial charge in [-0.3, -0.25) is 0 Å². The molecule has 1 aromatic heterocycles. The number of hydrogen-bond donors (Lipinski definition) is 0. The second kappa shape index (κ2) is 3.90. The first kappa shape index (κ1) is 12.7.